The molecule has 2 atom stereocenters. The molecule has 5 nitrogen and oxygen atoms in total. The van der Waals surface area contributed by atoms with Crippen molar-refractivity contribution in [3.05, 3.63) is 40.3 Å². The summed E-state index contributed by atoms with van der Waals surface area (Å²) in [5, 5.41) is 3.24. The summed E-state index contributed by atoms with van der Waals surface area (Å²) < 4.78 is 4.98. The Hall–Kier alpha value is -1.99. The minimum atomic E-state index is -0.381. The molecular weight excluding hydrogens is 380 g/mol. The summed E-state index contributed by atoms with van der Waals surface area (Å²) in [6.07, 6.45) is 2.83. The summed E-state index contributed by atoms with van der Waals surface area (Å²) in [5.41, 5.74) is 8.04. The molecule has 1 aliphatic rings. The molecule has 0 fully saturated rings. The SMILES string of the molecule is COC(=O)c1c(NC(=O)C(C)Sc2cccc(N)c2)sc2c1CCC(C)C2. The van der Waals surface area contributed by atoms with Gasteiger partial charge in [-0.2, -0.15) is 0 Å². The molecule has 144 valence electrons. The topological polar surface area (TPSA) is 81.4 Å². The minimum absolute atomic E-state index is 0.140. The van der Waals surface area contributed by atoms with Crippen LogP contribution in [0.2, 0.25) is 0 Å². The molecule has 7 heteroatoms. The number of methoxy groups -OCH3 is 1. The highest BCUT2D eigenvalue weighted by Crippen LogP contribution is 2.40. The van der Waals surface area contributed by atoms with Gasteiger partial charge in [0.15, 0.2) is 0 Å². The maximum Gasteiger partial charge on any atom is 0.341 e. The fourth-order valence-electron chi connectivity index (χ4n) is 3.22. The number of amides is 1. The van der Waals surface area contributed by atoms with Gasteiger partial charge in [0, 0.05) is 15.5 Å². The third-order valence-electron chi connectivity index (χ3n) is 4.68. The zero-order valence-electron chi connectivity index (χ0n) is 15.7. The van der Waals surface area contributed by atoms with Crippen molar-refractivity contribution in [2.24, 2.45) is 5.92 Å². The van der Waals surface area contributed by atoms with E-state index in [1.165, 1.54) is 35.1 Å². The lowest BCUT2D eigenvalue weighted by Crippen LogP contribution is -2.23. The fraction of sp³-hybridized carbons (Fsp3) is 0.400. The maximum absolute atomic E-state index is 12.7. The van der Waals surface area contributed by atoms with Gasteiger partial charge >= 0.3 is 5.97 Å². The van der Waals surface area contributed by atoms with Crippen molar-refractivity contribution in [1.82, 2.24) is 0 Å². The molecule has 3 rings (SSSR count). The average molecular weight is 405 g/mol. The van der Waals surface area contributed by atoms with Gasteiger partial charge in [-0.15, -0.1) is 23.1 Å². The zero-order valence-corrected chi connectivity index (χ0v) is 17.3. The van der Waals surface area contributed by atoms with Gasteiger partial charge in [-0.3, -0.25) is 4.79 Å². The molecule has 1 amide bonds. The van der Waals surface area contributed by atoms with Crippen LogP contribution in [0, 0.1) is 5.92 Å². The highest BCUT2D eigenvalue weighted by Gasteiger charge is 2.29. The highest BCUT2D eigenvalue weighted by atomic mass is 32.2. The first kappa shape index (κ1) is 19.8. The first-order chi connectivity index (χ1) is 12.9. The van der Waals surface area contributed by atoms with Crippen molar-refractivity contribution >= 4 is 45.7 Å². The fourth-order valence-corrected chi connectivity index (χ4v) is 5.55. The number of hydrogen-bond donors (Lipinski definition) is 2. The molecule has 27 heavy (non-hydrogen) atoms. The zero-order chi connectivity index (χ0) is 19.6. The van der Waals surface area contributed by atoms with E-state index in [0.717, 1.165) is 29.7 Å². The molecule has 1 aliphatic carbocycles. The molecule has 0 bridgehead atoms. The van der Waals surface area contributed by atoms with Gasteiger partial charge in [-0.1, -0.05) is 13.0 Å². The molecule has 0 aliphatic heterocycles. The summed E-state index contributed by atoms with van der Waals surface area (Å²) in [6, 6.07) is 7.45. The normalized spacial score (nSPS) is 17.1. The van der Waals surface area contributed by atoms with E-state index < -0.39 is 0 Å². The second-order valence-corrected chi connectivity index (χ2v) is 9.39. The number of fused-ring (bicyclic) bond motifs is 1. The Labute approximate surface area is 167 Å². The number of thiophene rings is 1. The summed E-state index contributed by atoms with van der Waals surface area (Å²) in [7, 11) is 1.38. The van der Waals surface area contributed by atoms with E-state index in [1.807, 2.05) is 31.2 Å². The number of benzene rings is 1. The number of thioether (sulfide) groups is 1. The van der Waals surface area contributed by atoms with E-state index in [1.54, 1.807) is 0 Å². The number of nitrogens with one attached hydrogen (secondary N) is 1. The highest BCUT2D eigenvalue weighted by molar-refractivity contribution is 8.00. The minimum Gasteiger partial charge on any atom is -0.465 e. The molecule has 1 heterocycles. The van der Waals surface area contributed by atoms with Crippen molar-refractivity contribution < 1.29 is 14.3 Å². The molecule has 0 spiro atoms. The number of nitrogens with two attached hydrogens (primary N) is 1. The van der Waals surface area contributed by atoms with Gasteiger partial charge < -0.3 is 15.8 Å². The number of hydrogen-bond acceptors (Lipinski definition) is 6. The lowest BCUT2D eigenvalue weighted by Gasteiger charge is -2.18. The van der Waals surface area contributed by atoms with E-state index >= 15 is 0 Å². The van der Waals surface area contributed by atoms with Crippen LogP contribution in [0.25, 0.3) is 0 Å². The number of nitrogen functional groups attached to an aromatic ring is 1. The van der Waals surface area contributed by atoms with Crippen LogP contribution < -0.4 is 11.1 Å². The number of esters is 1. The number of ether oxygens (including phenoxy) is 1. The lowest BCUT2D eigenvalue weighted by atomic mass is 9.88. The van der Waals surface area contributed by atoms with E-state index in [9.17, 15) is 9.59 Å². The summed E-state index contributed by atoms with van der Waals surface area (Å²) in [5.74, 6) is 0.0657. The van der Waals surface area contributed by atoms with Crippen LogP contribution in [0.5, 0.6) is 0 Å². The van der Waals surface area contributed by atoms with Gasteiger partial charge in [0.2, 0.25) is 5.91 Å². The Kier molecular flexibility index (Phi) is 6.11. The number of carbonyl (C=O) groups excluding carboxylic acids is 2. The van der Waals surface area contributed by atoms with Crippen LogP contribution in [0.1, 0.15) is 41.1 Å². The smallest absolute Gasteiger partial charge is 0.341 e. The molecule has 1 aromatic carbocycles. The molecule has 2 aromatic rings. The number of anilines is 2. The first-order valence-electron chi connectivity index (χ1n) is 8.95. The largest absolute Gasteiger partial charge is 0.465 e. The van der Waals surface area contributed by atoms with Crippen LogP contribution in [-0.4, -0.2) is 24.2 Å². The second-order valence-electron chi connectivity index (χ2n) is 6.87. The summed E-state index contributed by atoms with van der Waals surface area (Å²) >= 11 is 2.94. The third kappa shape index (κ3) is 4.47. The van der Waals surface area contributed by atoms with Crippen molar-refractivity contribution in [2.45, 2.75) is 43.3 Å². The lowest BCUT2D eigenvalue weighted by molar-refractivity contribution is -0.115. The molecule has 1 aromatic heterocycles. The van der Waals surface area contributed by atoms with Gasteiger partial charge in [-0.05, 0) is 55.9 Å². The molecule has 0 saturated heterocycles. The number of carbonyl (C=O) groups is 2. The Balaban J connectivity index is 1.79. The van der Waals surface area contributed by atoms with Crippen molar-refractivity contribution in [1.29, 1.82) is 0 Å². The van der Waals surface area contributed by atoms with Gasteiger partial charge in [0.25, 0.3) is 0 Å². The van der Waals surface area contributed by atoms with Crippen molar-refractivity contribution in [3.63, 3.8) is 0 Å². The number of rotatable bonds is 5. The van der Waals surface area contributed by atoms with E-state index in [0.29, 0.717) is 22.2 Å². The van der Waals surface area contributed by atoms with Crippen molar-refractivity contribution in [3.8, 4) is 0 Å². The summed E-state index contributed by atoms with van der Waals surface area (Å²) in [6.45, 7) is 4.06. The van der Waals surface area contributed by atoms with Crippen LogP contribution in [-0.2, 0) is 22.4 Å². The summed E-state index contributed by atoms with van der Waals surface area (Å²) in [4.78, 5) is 27.2. The monoisotopic (exact) mass is 404 g/mol. The molecular formula is C20H24N2O3S2. The van der Waals surface area contributed by atoms with Crippen LogP contribution in [0.4, 0.5) is 10.7 Å². The Morgan fingerprint density at radius 2 is 2.19 bits per heavy atom. The van der Waals surface area contributed by atoms with Gasteiger partial charge in [0.1, 0.15) is 5.00 Å². The van der Waals surface area contributed by atoms with Crippen LogP contribution in [0.3, 0.4) is 0 Å². The van der Waals surface area contributed by atoms with E-state index in [-0.39, 0.29) is 17.1 Å². The molecule has 0 radical (unpaired) electrons. The standard InChI is InChI=1S/C20H24N2O3S2/c1-11-7-8-15-16(9-11)27-19(17(15)20(24)25-3)22-18(23)12(2)26-14-6-4-5-13(21)10-14/h4-6,10-12H,7-9,21H2,1-3H3,(H,22,23). The predicted molar refractivity (Wildman–Crippen MR) is 112 cm³/mol. The van der Waals surface area contributed by atoms with Crippen molar-refractivity contribution in [2.75, 3.05) is 18.2 Å². The maximum atomic E-state index is 12.7. The quantitative estimate of drug-likeness (QED) is 0.440. The first-order valence-corrected chi connectivity index (χ1v) is 10.6. The Morgan fingerprint density at radius 1 is 1.41 bits per heavy atom. The predicted octanol–water partition coefficient (Wildman–Crippen LogP) is 4.36. The Morgan fingerprint density at radius 3 is 2.89 bits per heavy atom. The second kappa shape index (κ2) is 8.35. The average Bonchev–Trinajstić information content (AvgIpc) is 2.97. The molecule has 0 saturated carbocycles. The van der Waals surface area contributed by atoms with Gasteiger partial charge in [-0.25, -0.2) is 4.79 Å². The Bertz CT molecular complexity index is 863. The van der Waals surface area contributed by atoms with E-state index in [4.69, 9.17) is 10.5 Å². The van der Waals surface area contributed by atoms with Crippen LogP contribution >= 0.6 is 23.1 Å². The molecule has 3 N–H and O–H groups in total. The van der Waals surface area contributed by atoms with E-state index in [2.05, 4.69) is 12.2 Å². The molecule has 2 unspecified atom stereocenters. The van der Waals surface area contributed by atoms with Gasteiger partial charge in [0.05, 0.1) is 17.9 Å². The van der Waals surface area contributed by atoms with Crippen LogP contribution in [0.15, 0.2) is 29.2 Å². The third-order valence-corrected chi connectivity index (χ3v) is 6.94.